The van der Waals surface area contributed by atoms with Gasteiger partial charge in [-0.1, -0.05) is 6.07 Å². The number of hydrogen-bond donors (Lipinski definition) is 2. The number of thiophene rings is 1. The van der Waals surface area contributed by atoms with Crippen LogP contribution < -0.4 is 0 Å². The van der Waals surface area contributed by atoms with Crippen LogP contribution >= 0.6 is 11.3 Å². The molecule has 4 heterocycles. The molecule has 2 aromatic rings. The average molecular weight is 587 g/mol. The molecule has 2 unspecified atom stereocenters. The number of pyridine rings is 1. The number of carboxylic acid groups (broad SMARTS) is 2. The molecule has 2 atom stereocenters. The van der Waals surface area contributed by atoms with Crippen molar-refractivity contribution >= 4 is 23.3 Å². The Labute approximate surface area is 224 Å². The summed E-state index contributed by atoms with van der Waals surface area (Å²) in [7, 11) is 0. The van der Waals surface area contributed by atoms with Crippen LogP contribution in [0.4, 0.5) is 26.3 Å². The molecule has 0 spiro atoms. The summed E-state index contributed by atoms with van der Waals surface area (Å²) in [6.45, 7) is 5.46. The molecule has 0 saturated carbocycles. The molecule has 2 aliphatic heterocycles. The summed E-state index contributed by atoms with van der Waals surface area (Å²) in [5.74, 6) is -5.51. The molecule has 15 heteroatoms. The Morgan fingerprint density at radius 3 is 2.33 bits per heavy atom. The minimum absolute atomic E-state index is 0.126. The summed E-state index contributed by atoms with van der Waals surface area (Å²) >= 11 is 1.78. The van der Waals surface area contributed by atoms with Crippen molar-refractivity contribution in [3.63, 3.8) is 0 Å². The Hall–Kier alpha value is -2.75. The molecular weight excluding hydrogens is 558 g/mol. The van der Waals surface area contributed by atoms with E-state index in [0.717, 1.165) is 51.4 Å². The number of halogens is 6. The van der Waals surface area contributed by atoms with Crippen LogP contribution in [0.15, 0.2) is 41.2 Å². The van der Waals surface area contributed by atoms with Gasteiger partial charge in [-0.3, -0.25) is 9.88 Å². The van der Waals surface area contributed by atoms with Crippen molar-refractivity contribution < 1.29 is 55.6 Å². The van der Waals surface area contributed by atoms with Crippen molar-refractivity contribution in [2.45, 2.75) is 50.9 Å². The van der Waals surface area contributed by atoms with Gasteiger partial charge in [0.2, 0.25) is 0 Å². The van der Waals surface area contributed by atoms with E-state index in [1.807, 2.05) is 24.4 Å². The van der Waals surface area contributed by atoms with Gasteiger partial charge in [0.25, 0.3) is 0 Å². The third-order valence-electron chi connectivity index (χ3n) is 5.90. The fourth-order valence-electron chi connectivity index (χ4n) is 4.21. The van der Waals surface area contributed by atoms with Crippen LogP contribution in [0.1, 0.15) is 30.5 Å². The molecule has 2 saturated heterocycles. The lowest BCUT2D eigenvalue weighted by atomic mass is 9.73. The Bertz CT molecular complexity index is 998. The normalized spacial score (nSPS) is 21.4. The van der Waals surface area contributed by atoms with E-state index in [1.54, 1.807) is 11.3 Å². The number of fused-ring (bicyclic) bond motifs is 1. The summed E-state index contributed by atoms with van der Waals surface area (Å²) in [4.78, 5) is 24.7. The van der Waals surface area contributed by atoms with Gasteiger partial charge in [-0.15, -0.1) is 0 Å². The average Bonchev–Trinajstić information content (AvgIpc) is 3.37. The third-order valence-corrected chi connectivity index (χ3v) is 6.64. The zero-order valence-electron chi connectivity index (χ0n) is 20.6. The Kier molecular flexibility index (Phi) is 12.1. The van der Waals surface area contributed by atoms with Crippen molar-refractivity contribution in [3.8, 4) is 0 Å². The predicted molar refractivity (Wildman–Crippen MR) is 127 cm³/mol. The number of carbonyl (C=O) groups is 2. The number of nitrogens with zero attached hydrogens (tertiary/aromatic N) is 2. The van der Waals surface area contributed by atoms with E-state index in [2.05, 4.69) is 26.7 Å². The van der Waals surface area contributed by atoms with Crippen LogP contribution in [0, 0.1) is 5.41 Å². The zero-order chi connectivity index (χ0) is 29.1. The van der Waals surface area contributed by atoms with Crippen LogP contribution in [-0.2, 0) is 32.2 Å². The van der Waals surface area contributed by atoms with Gasteiger partial charge in [-0.05, 0) is 53.8 Å². The maximum Gasteiger partial charge on any atom is 0.490 e. The molecule has 0 aliphatic carbocycles. The van der Waals surface area contributed by atoms with Gasteiger partial charge in [0, 0.05) is 37.9 Å². The van der Waals surface area contributed by atoms with Crippen molar-refractivity contribution in [1.82, 2.24) is 9.88 Å². The van der Waals surface area contributed by atoms with Crippen LogP contribution in [-0.4, -0.2) is 76.8 Å². The smallest absolute Gasteiger partial charge is 0.475 e. The number of piperidine rings is 1. The maximum atomic E-state index is 10.6. The molecular formula is C24H28F6N2O6S. The van der Waals surface area contributed by atoms with Gasteiger partial charge in [-0.25, -0.2) is 9.59 Å². The van der Waals surface area contributed by atoms with E-state index < -0.39 is 24.3 Å². The molecule has 2 aromatic heterocycles. The molecule has 8 nitrogen and oxygen atoms in total. The van der Waals surface area contributed by atoms with E-state index in [-0.39, 0.29) is 5.41 Å². The van der Waals surface area contributed by atoms with E-state index in [1.165, 1.54) is 12.0 Å². The number of aromatic nitrogens is 1. The summed E-state index contributed by atoms with van der Waals surface area (Å²) in [6, 6.07) is 8.21. The topological polar surface area (TPSA) is 109 Å². The standard InChI is InChI=1S/C20H26N2O2S.2C2HF3O2/c1-2-8-21-18(4-1)13-23-16-20-7-3-10-24-19(20)5-9-22(15-20)12-17-6-11-25-14-17;2*3-2(4,5)1(6)7/h1-2,4,6,8,11,14,19H,3,5,7,9-10,12-13,15-16H2;2*(H,6,7). The highest BCUT2D eigenvalue weighted by atomic mass is 32.1. The van der Waals surface area contributed by atoms with Gasteiger partial charge in [0.15, 0.2) is 0 Å². The van der Waals surface area contributed by atoms with E-state index in [4.69, 9.17) is 29.3 Å². The fourth-order valence-corrected chi connectivity index (χ4v) is 4.87. The van der Waals surface area contributed by atoms with Crippen LogP contribution in [0.5, 0.6) is 0 Å². The number of likely N-dealkylation sites (tertiary alicyclic amines) is 1. The quantitative estimate of drug-likeness (QED) is 0.456. The second-order valence-electron chi connectivity index (χ2n) is 8.88. The highest BCUT2D eigenvalue weighted by molar-refractivity contribution is 7.07. The van der Waals surface area contributed by atoms with Crippen molar-refractivity contribution in [2.75, 3.05) is 26.3 Å². The first-order chi connectivity index (χ1) is 18.2. The summed E-state index contributed by atoms with van der Waals surface area (Å²) < 4.78 is 75.8. The first-order valence-electron chi connectivity index (χ1n) is 11.7. The molecule has 0 bridgehead atoms. The van der Waals surface area contributed by atoms with Crippen molar-refractivity contribution in [2.24, 2.45) is 5.41 Å². The van der Waals surface area contributed by atoms with Gasteiger partial charge in [0.05, 0.1) is 25.0 Å². The molecule has 2 aliphatic rings. The molecule has 218 valence electrons. The molecule has 2 N–H and O–H groups in total. The molecule has 39 heavy (non-hydrogen) atoms. The molecule has 0 radical (unpaired) electrons. The van der Waals surface area contributed by atoms with Gasteiger partial charge < -0.3 is 19.7 Å². The first-order valence-corrected chi connectivity index (χ1v) is 12.6. The lowest BCUT2D eigenvalue weighted by Gasteiger charge is -2.50. The van der Waals surface area contributed by atoms with Gasteiger partial charge in [0.1, 0.15) is 0 Å². The monoisotopic (exact) mass is 586 g/mol. The largest absolute Gasteiger partial charge is 0.490 e. The van der Waals surface area contributed by atoms with Crippen LogP contribution in [0.3, 0.4) is 0 Å². The van der Waals surface area contributed by atoms with E-state index in [9.17, 15) is 26.3 Å². The second-order valence-corrected chi connectivity index (χ2v) is 9.66. The van der Waals surface area contributed by atoms with Gasteiger partial charge >= 0.3 is 24.3 Å². The zero-order valence-corrected chi connectivity index (χ0v) is 21.4. The molecule has 0 aromatic carbocycles. The maximum absolute atomic E-state index is 10.6. The highest BCUT2D eigenvalue weighted by Gasteiger charge is 2.46. The number of carboxylic acids is 2. The van der Waals surface area contributed by atoms with Gasteiger partial charge in [-0.2, -0.15) is 37.7 Å². The SMILES string of the molecule is O=C(O)C(F)(F)F.O=C(O)C(F)(F)F.c1ccc(COCC23CCCOC2CCN(Cc2ccsc2)C3)nc1. The number of hydrogen-bond acceptors (Lipinski definition) is 7. The third kappa shape index (κ3) is 11.1. The number of aliphatic carboxylic acids is 2. The molecule has 4 rings (SSSR count). The lowest BCUT2D eigenvalue weighted by Crippen LogP contribution is -2.56. The Morgan fingerprint density at radius 2 is 1.79 bits per heavy atom. The fraction of sp³-hybridized carbons (Fsp3) is 0.542. The van der Waals surface area contributed by atoms with Crippen LogP contribution in [0.25, 0.3) is 0 Å². The van der Waals surface area contributed by atoms with Crippen molar-refractivity contribution in [1.29, 1.82) is 0 Å². The summed E-state index contributed by atoms with van der Waals surface area (Å²) in [5, 5.41) is 18.7. The van der Waals surface area contributed by atoms with E-state index in [0.29, 0.717) is 12.7 Å². The van der Waals surface area contributed by atoms with Crippen molar-refractivity contribution in [3.05, 3.63) is 52.5 Å². The summed E-state index contributed by atoms with van der Waals surface area (Å²) in [6.07, 6.45) is -4.57. The second kappa shape index (κ2) is 14.6. The number of ether oxygens (including phenoxy) is 2. The minimum Gasteiger partial charge on any atom is -0.475 e. The van der Waals surface area contributed by atoms with Crippen LogP contribution in [0.2, 0.25) is 0 Å². The summed E-state index contributed by atoms with van der Waals surface area (Å²) in [5.41, 5.74) is 2.55. The molecule has 2 fully saturated rings. The number of rotatable bonds is 6. The predicted octanol–water partition coefficient (Wildman–Crippen LogP) is 5.00. The Morgan fingerprint density at radius 1 is 1.13 bits per heavy atom. The lowest BCUT2D eigenvalue weighted by molar-refractivity contribution is -0.193. The highest BCUT2D eigenvalue weighted by Crippen LogP contribution is 2.41. The molecule has 0 amide bonds. The first kappa shape index (κ1) is 32.5. The van der Waals surface area contributed by atoms with E-state index >= 15 is 0 Å². The minimum atomic E-state index is -5.08. The number of alkyl halides is 6. The Balaban J connectivity index is 0.000000317.